The predicted octanol–water partition coefficient (Wildman–Crippen LogP) is 4.96. The molecular formula is C28H37N3O5. The average Bonchev–Trinajstić information content (AvgIpc) is 2.90. The van der Waals surface area contributed by atoms with Crippen molar-refractivity contribution in [3.63, 3.8) is 0 Å². The van der Waals surface area contributed by atoms with E-state index in [1.165, 1.54) is 0 Å². The number of benzene rings is 3. The van der Waals surface area contributed by atoms with Gasteiger partial charge in [0, 0.05) is 55.2 Å². The number of ether oxygens (including phenoxy) is 5. The van der Waals surface area contributed by atoms with Crippen LogP contribution in [0.3, 0.4) is 0 Å². The van der Waals surface area contributed by atoms with Gasteiger partial charge in [-0.25, -0.2) is 0 Å². The molecule has 3 rings (SSSR count). The van der Waals surface area contributed by atoms with E-state index in [9.17, 15) is 0 Å². The summed E-state index contributed by atoms with van der Waals surface area (Å²) in [6.07, 6.45) is 0. The number of nitrogens with zero attached hydrogens (tertiary/aromatic N) is 1. The first-order valence-electron chi connectivity index (χ1n) is 11.7. The van der Waals surface area contributed by atoms with E-state index in [2.05, 4.69) is 23.2 Å². The quantitative estimate of drug-likeness (QED) is 0.322. The van der Waals surface area contributed by atoms with Crippen molar-refractivity contribution >= 4 is 17.1 Å². The first kappa shape index (κ1) is 26.8. The molecule has 36 heavy (non-hydrogen) atoms. The summed E-state index contributed by atoms with van der Waals surface area (Å²) >= 11 is 0. The summed E-state index contributed by atoms with van der Waals surface area (Å²) in [7, 11) is 8.30. The highest BCUT2D eigenvalue weighted by atomic mass is 16.5. The zero-order valence-electron chi connectivity index (χ0n) is 22.0. The van der Waals surface area contributed by atoms with Crippen molar-refractivity contribution in [3.05, 3.63) is 65.7 Å². The summed E-state index contributed by atoms with van der Waals surface area (Å²) < 4.78 is 27.4. The number of nitrogens with two attached hydrogens (primary N) is 1. The minimum absolute atomic E-state index is 0.101. The second kappa shape index (κ2) is 12.8. The molecule has 3 aromatic carbocycles. The minimum atomic E-state index is 0.101. The number of anilines is 3. The SMILES string of the molecule is COC[C@H](C)Nc1cc(N(Cc2ccc(OC)cc2OC)Cc2ccc(OC)cc2OC)ccc1N. The van der Waals surface area contributed by atoms with Crippen LogP contribution in [0, 0.1) is 0 Å². The van der Waals surface area contributed by atoms with Gasteiger partial charge in [-0.2, -0.15) is 0 Å². The first-order valence-corrected chi connectivity index (χ1v) is 11.7. The van der Waals surface area contributed by atoms with Gasteiger partial charge in [0.25, 0.3) is 0 Å². The fourth-order valence-corrected chi connectivity index (χ4v) is 4.04. The number of nitrogen functional groups attached to an aromatic ring is 1. The standard InChI is InChI=1S/C28H37N3O5/c1-19(18-32-2)30-26-13-22(9-12-25(26)29)31(16-20-7-10-23(33-3)14-27(20)35-5)17-21-8-11-24(34-4)15-28(21)36-6/h7-15,19,30H,16-18,29H2,1-6H3/t19-/m0/s1. The highest BCUT2D eigenvalue weighted by Gasteiger charge is 2.17. The van der Waals surface area contributed by atoms with E-state index in [0.717, 1.165) is 45.5 Å². The van der Waals surface area contributed by atoms with E-state index >= 15 is 0 Å². The Bertz CT molecular complexity index is 1080. The van der Waals surface area contributed by atoms with Gasteiger partial charge < -0.3 is 39.6 Å². The van der Waals surface area contributed by atoms with Crippen molar-refractivity contribution in [2.24, 2.45) is 0 Å². The van der Waals surface area contributed by atoms with E-state index in [-0.39, 0.29) is 6.04 Å². The van der Waals surface area contributed by atoms with Gasteiger partial charge in [0.05, 0.1) is 46.4 Å². The molecule has 0 unspecified atom stereocenters. The van der Waals surface area contributed by atoms with E-state index < -0.39 is 0 Å². The van der Waals surface area contributed by atoms with Crippen LogP contribution < -0.4 is 34.9 Å². The number of nitrogens with one attached hydrogen (secondary N) is 1. The van der Waals surface area contributed by atoms with Gasteiger partial charge in [-0.1, -0.05) is 0 Å². The number of rotatable bonds is 13. The van der Waals surface area contributed by atoms with Gasteiger partial charge in [0.1, 0.15) is 23.0 Å². The molecular weight excluding hydrogens is 458 g/mol. The molecule has 194 valence electrons. The topological polar surface area (TPSA) is 87.4 Å². The minimum Gasteiger partial charge on any atom is -0.497 e. The molecule has 0 spiro atoms. The Kier molecular flexibility index (Phi) is 9.53. The lowest BCUT2D eigenvalue weighted by molar-refractivity contribution is 0.190. The Morgan fingerprint density at radius 2 is 1.31 bits per heavy atom. The van der Waals surface area contributed by atoms with Crippen LogP contribution >= 0.6 is 0 Å². The number of methoxy groups -OCH3 is 5. The van der Waals surface area contributed by atoms with Crippen molar-refractivity contribution < 1.29 is 23.7 Å². The Morgan fingerprint density at radius 3 is 1.78 bits per heavy atom. The van der Waals surface area contributed by atoms with Gasteiger partial charge in [-0.15, -0.1) is 0 Å². The lowest BCUT2D eigenvalue weighted by atomic mass is 10.1. The summed E-state index contributed by atoms with van der Waals surface area (Å²) in [5.74, 6) is 2.99. The molecule has 0 radical (unpaired) electrons. The molecule has 0 saturated heterocycles. The van der Waals surface area contributed by atoms with Crippen LogP contribution in [0.2, 0.25) is 0 Å². The summed E-state index contributed by atoms with van der Waals surface area (Å²) in [6, 6.07) is 17.8. The third-order valence-corrected chi connectivity index (χ3v) is 5.93. The van der Waals surface area contributed by atoms with Crippen LogP contribution in [-0.2, 0) is 17.8 Å². The summed E-state index contributed by atoms with van der Waals surface area (Å²) in [5.41, 5.74) is 10.9. The highest BCUT2D eigenvalue weighted by Crippen LogP contribution is 2.33. The molecule has 1 atom stereocenters. The average molecular weight is 496 g/mol. The molecule has 0 aliphatic rings. The molecule has 8 heteroatoms. The van der Waals surface area contributed by atoms with Crippen molar-refractivity contribution in [2.75, 3.05) is 58.1 Å². The molecule has 3 aromatic rings. The first-order chi connectivity index (χ1) is 17.4. The smallest absolute Gasteiger partial charge is 0.127 e. The lowest BCUT2D eigenvalue weighted by Gasteiger charge is -2.28. The van der Waals surface area contributed by atoms with Gasteiger partial charge in [0.15, 0.2) is 0 Å². The molecule has 8 nitrogen and oxygen atoms in total. The van der Waals surface area contributed by atoms with Crippen LogP contribution in [0.1, 0.15) is 18.1 Å². The normalized spacial score (nSPS) is 11.5. The van der Waals surface area contributed by atoms with Crippen LogP contribution in [-0.4, -0.2) is 48.2 Å². The largest absolute Gasteiger partial charge is 0.497 e. The fraction of sp³-hybridized carbons (Fsp3) is 0.357. The van der Waals surface area contributed by atoms with E-state index in [1.54, 1.807) is 35.5 Å². The van der Waals surface area contributed by atoms with Crippen LogP contribution in [0.15, 0.2) is 54.6 Å². The van der Waals surface area contributed by atoms with Crippen LogP contribution in [0.5, 0.6) is 23.0 Å². The number of hydrogen-bond acceptors (Lipinski definition) is 8. The van der Waals surface area contributed by atoms with Crippen molar-refractivity contribution in [3.8, 4) is 23.0 Å². The highest BCUT2D eigenvalue weighted by molar-refractivity contribution is 5.72. The van der Waals surface area contributed by atoms with Gasteiger partial charge in [-0.05, 0) is 49.4 Å². The maximum atomic E-state index is 6.30. The van der Waals surface area contributed by atoms with Gasteiger partial charge >= 0.3 is 0 Å². The Labute approximate surface area is 213 Å². The zero-order chi connectivity index (χ0) is 26.1. The molecule has 0 saturated carbocycles. The van der Waals surface area contributed by atoms with E-state index in [1.807, 2.05) is 48.5 Å². The van der Waals surface area contributed by atoms with E-state index in [0.29, 0.717) is 25.4 Å². The fourth-order valence-electron chi connectivity index (χ4n) is 4.04. The molecule has 0 fully saturated rings. The molecule has 0 aliphatic carbocycles. The second-order valence-corrected chi connectivity index (χ2v) is 8.48. The maximum Gasteiger partial charge on any atom is 0.127 e. The third kappa shape index (κ3) is 6.66. The van der Waals surface area contributed by atoms with E-state index in [4.69, 9.17) is 29.4 Å². The lowest BCUT2D eigenvalue weighted by Crippen LogP contribution is -2.24. The molecule has 0 bridgehead atoms. The molecule has 0 aromatic heterocycles. The van der Waals surface area contributed by atoms with Crippen molar-refractivity contribution in [2.45, 2.75) is 26.1 Å². The molecule has 0 amide bonds. The Hall–Kier alpha value is -3.78. The van der Waals surface area contributed by atoms with Gasteiger partial charge in [-0.3, -0.25) is 0 Å². The number of hydrogen-bond donors (Lipinski definition) is 2. The van der Waals surface area contributed by atoms with Crippen molar-refractivity contribution in [1.29, 1.82) is 0 Å². The third-order valence-electron chi connectivity index (χ3n) is 5.93. The summed E-state index contributed by atoms with van der Waals surface area (Å²) in [4.78, 5) is 2.25. The van der Waals surface area contributed by atoms with Gasteiger partial charge in [0.2, 0.25) is 0 Å². The monoisotopic (exact) mass is 495 g/mol. The predicted molar refractivity (Wildman–Crippen MR) is 145 cm³/mol. The zero-order valence-corrected chi connectivity index (χ0v) is 22.0. The van der Waals surface area contributed by atoms with Crippen LogP contribution in [0.4, 0.5) is 17.1 Å². The Morgan fingerprint density at radius 1 is 0.750 bits per heavy atom. The maximum absolute atomic E-state index is 6.30. The summed E-state index contributed by atoms with van der Waals surface area (Å²) in [6.45, 7) is 3.79. The van der Waals surface area contributed by atoms with Crippen molar-refractivity contribution in [1.82, 2.24) is 0 Å². The molecule has 0 heterocycles. The molecule has 3 N–H and O–H groups in total. The van der Waals surface area contributed by atoms with Crippen LogP contribution in [0.25, 0.3) is 0 Å². The molecule has 0 aliphatic heterocycles. The Balaban J connectivity index is 2.02. The summed E-state index contributed by atoms with van der Waals surface area (Å²) in [5, 5.41) is 3.45. The second-order valence-electron chi connectivity index (χ2n) is 8.48.